The van der Waals surface area contributed by atoms with Crippen molar-refractivity contribution in [2.45, 2.75) is 17.9 Å². The Bertz CT molecular complexity index is 436. The molecule has 6 heteroatoms. The number of nitrogens with one attached hydrogen (secondary N) is 1. The maximum absolute atomic E-state index is 11.6. The van der Waals surface area contributed by atoms with E-state index in [0.29, 0.717) is 5.69 Å². The monoisotopic (exact) mass is 269 g/mol. The molecule has 98 valence electrons. The highest BCUT2D eigenvalue weighted by Crippen LogP contribution is 2.24. The van der Waals surface area contributed by atoms with Crippen molar-refractivity contribution >= 4 is 29.3 Å². The van der Waals surface area contributed by atoms with Crippen molar-refractivity contribution < 1.29 is 19.4 Å². The zero-order valence-corrected chi connectivity index (χ0v) is 11.0. The van der Waals surface area contributed by atoms with Crippen molar-refractivity contribution in [3.63, 3.8) is 0 Å². The molecule has 0 aliphatic heterocycles. The zero-order valence-electron chi connectivity index (χ0n) is 10.2. The number of hydrogen-bond acceptors (Lipinski definition) is 4. The van der Waals surface area contributed by atoms with Crippen LogP contribution in [0.3, 0.4) is 0 Å². The molecule has 0 aliphatic carbocycles. The molecule has 0 fully saturated rings. The molecule has 1 atom stereocenters. The van der Waals surface area contributed by atoms with Crippen LogP contribution in [-0.4, -0.2) is 35.9 Å². The van der Waals surface area contributed by atoms with Crippen LogP contribution in [0.15, 0.2) is 29.2 Å². The first-order chi connectivity index (χ1) is 8.54. The van der Waals surface area contributed by atoms with Gasteiger partial charge in [-0.1, -0.05) is 12.1 Å². The Morgan fingerprint density at radius 1 is 1.44 bits per heavy atom. The summed E-state index contributed by atoms with van der Waals surface area (Å²) in [6.07, 6.45) is 0.917. The van der Waals surface area contributed by atoms with Gasteiger partial charge in [0.1, 0.15) is 6.61 Å². The first kappa shape index (κ1) is 14.5. The Morgan fingerprint density at radius 2 is 2.11 bits per heavy atom. The lowest BCUT2D eigenvalue weighted by Gasteiger charge is -2.11. The highest BCUT2D eigenvalue weighted by Gasteiger charge is 2.13. The fourth-order valence-corrected chi connectivity index (χ4v) is 1.76. The standard InChI is InChI=1S/C12H15NO4S/c1-8(12(15)16)17-7-11(14)13-9-5-3-4-6-10(9)18-2/h3-6,8H,7H2,1-2H3,(H,13,14)(H,15,16). The number of amides is 1. The fourth-order valence-electron chi connectivity index (χ4n) is 1.21. The van der Waals surface area contributed by atoms with Gasteiger partial charge in [0, 0.05) is 4.90 Å². The number of benzene rings is 1. The maximum atomic E-state index is 11.6. The summed E-state index contributed by atoms with van der Waals surface area (Å²) in [6.45, 7) is 1.10. The molecule has 1 amide bonds. The van der Waals surface area contributed by atoms with Crippen molar-refractivity contribution in [3.8, 4) is 0 Å². The number of rotatable bonds is 6. The first-order valence-corrected chi connectivity index (χ1v) is 6.54. The van der Waals surface area contributed by atoms with Crippen LogP contribution in [0.5, 0.6) is 0 Å². The van der Waals surface area contributed by atoms with Crippen LogP contribution in [0.2, 0.25) is 0 Å². The Labute approximate surface area is 110 Å². The number of carbonyl (C=O) groups is 2. The first-order valence-electron chi connectivity index (χ1n) is 5.32. The average Bonchev–Trinajstić information content (AvgIpc) is 2.36. The van der Waals surface area contributed by atoms with E-state index in [-0.39, 0.29) is 12.5 Å². The predicted octanol–water partition coefficient (Wildman–Crippen LogP) is 1.84. The molecule has 1 rings (SSSR count). The van der Waals surface area contributed by atoms with Crippen molar-refractivity contribution in [2.24, 2.45) is 0 Å². The van der Waals surface area contributed by atoms with E-state index in [2.05, 4.69) is 5.32 Å². The SMILES string of the molecule is CSc1ccccc1NC(=O)COC(C)C(=O)O. The molecule has 0 radical (unpaired) electrons. The quantitative estimate of drug-likeness (QED) is 0.771. The third-order valence-electron chi connectivity index (χ3n) is 2.19. The highest BCUT2D eigenvalue weighted by atomic mass is 32.2. The second kappa shape index (κ2) is 7.03. The lowest BCUT2D eigenvalue weighted by atomic mass is 10.3. The Kier molecular flexibility index (Phi) is 5.67. The Balaban J connectivity index is 2.52. The highest BCUT2D eigenvalue weighted by molar-refractivity contribution is 7.98. The molecule has 0 spiro atoms. The number of thioether (sulfide) groups is 1. The van der Waals surface area contributed by atoms with Gasteiger partial charge in [0.15, 0.2) is 6.10 Å². The molecule has 2 N–H and O–H groups in total. The van der Waals surface area contributed by atoms with Crippen LogP contribution in [0.4, 0.5) is 5.69 Å². The molecule has 0 aliphatic rings. The zero-order chi connectivity index (χ0) is 13.5. The molecule has 0 heterocycles. The minimum Gasteiger partial charge on any atom is -0.479 e. The molecule has 1 unspecified atom stereocenters. The van der Waals surface area contributed by atoms with E-state index in [1.54, 1.807) is 6.07 Å². The summed E-state index contributed by atoms with van der Waals surface area (Å²) in [5.74, 6) is -1.46. The molecule has 0 bridgehead atoms. The second-order valence-electron chi connectivity index (χ2n) is 3.54. The Morgan fingerprint density at radius 3 is 2.72 bits per heavy atom. The number of carboxylic acids is 1. The van der Waals surface area contributed by atoms with Crippen LogP contribution >= 0.6 is 11.8 Å². The summed E-state index contributed by atoms with van der Waals surface area (Å²) in [5.41, 5.74) is 0.696. The van der Waals surface area contributed by atoms with Gasteiger partial charge in [0.2, 0.25) is 5.91 Å². The lowest BCUT2D eigenvalue weighted by Crippen LogP contribution is -2.26. The van der Waals surface area contributed by atoms with Gasteiger partial charge in [-0.15, -0.1) is 11.8 Å². The molecule has 18 heavy (non-hydrogen) atoms. The minimum atomic E-state index is -1.09. The summed E-state index contributed by atoms with van der Waals surface area (Å²) in [4.78, 5) is 23.0. The van der Waals surface area contributed by atoms with Gasteiger partial charge in [-0.3, -0.25) is 4.79 Å². The van der Waals surface area contributed by atoms with Crippen molar-refractivity contribution in [3.05, 3.63) is 24.3 Å². The number of hydrogen-bond donors (Lipinski definition) is 2. The smallest absolute Gasteiger partial charge is 0.332 e. The molecule has 1 aromatic carbocycles. The predicted molar refractivity (Wildman–Crippen MR) is 69.9 cm³/mol. The third kappa shape index (κ3) is 4.38. The maximum Gasteiger partial charge on any atom is 0.332 e. The van der Waals surface area contributed by atoms with Crippen molar-refractivity contribution in [2.75, 3.05) is 18.2 Å². The summed E-state index contributed by atoms with van der Waals surface area (Å²) in [5, 5.41) is 11.3. The van der Waals surface area contributed by atoms with Gasteiger partial charge in [0.25, 0.3) is 0 Å². The third-order valence-corrected chi connectivity index (χ3v) is 2.99. The van der Waals surface area contributed by atoms with E-state index in [1.807, 2.05) is 24.5 Å². The van der Waals surface area contributed by atoms with Crippen LogP contribution in [-0.2, 0) is 14.3 Å². The molecule has 0 saturated heterocycles. The van der Waals surface area contributed by atoms with E-state index in [4.69, 9.17) is 9.84 Å². The second-order valence-corrected chi connectivity index (χ2v) is 4.39. The van der Waals surface area contributed by atoms with Gasteiger partial charge < -0.3 is 15.2 Å². The topological polar surface area (TPSA) is 75.6 Å². The van der Waals surface area contributed by atoms with E-state index in [9.17, 15) is 9.59 Å². The molecular formula is C12H15NO4S. The average molecular weight is 269 g/mol. The van der Waals surface area contributed by atoms with Gasteiger partial charge >= 0.3 is 5.97 Å². The fraction of sp³-hybridized carbons (Fsp3) is 0.333. The number of carbonyl (C=O) groups excluding carboxylic acids is 1. The van der Waals surface area contributed by atoms with Crippen LogP contribution in [0.1, 0.15) is 6.92 Å². The summed E-state index contributed by atoms with van der Waals surface area (Å²) in [6, 6.07) is 7.37. The number of para-hydroxylation sites is 1. The molecular weight excluding hydrogens is 254 g/mol. The normalized spacial score (nSPS) is 11.9. The van der Waals surface area contributed by atoms with E-state index in [0.717, 1.165) is 4.90 Å². The largest absolute Gasteiger partial charge is 0.479 e. The lowest BCUT2D eigenvalue weighted by molar-refractivity contribution is -0.150. The van der Waals surface area contributed by atoms with Gasteiger partial charge in [0.05, 0.1) is 5.69 Å². The van der Waals surface area contributed by atoms with Crippen LogP contribution in [0.25, 0.3) is 0 Å². The number of anilines is 1. The number of ether oxygens (including phenoxy) is 1. The van der Waals surface area contributed by atoms with E-state index in [1.165, 1.54) is 18.7 Å². The van der Waals surface area contributed by atoms with Gasteiger partial charge in [-0.25, -0.2) is 4.79 Å². The van der Waals surface area contributed by atoms with E-state index < -0.39 is 12.1 Å². The Hall–Kier alpha value is -1.53. The van der Waals surface area contributed by atoms with Gasteiger partial charge in [-0.2, -0.15) is 0 Å². The van der Waals surface area contributed by atoms with Crippen molar-refractivity contribution in [1.29, 1.82) is 0 Å². The van der Waals surface area contributed by atoms with Crippen LogP contribution in [0, 0.1) is 0 Å². The number of aliphatic carboxylic acids is 1. The van der Waals surface area contributed by atoms with Gasteiger partial charge in [-0.05, 0) is 25.3 Å². The van der Waals surface area contributed by atoms with E-state index >= 15 is 0 Å². The number of carboxylic acid groups (broad SMARTS) is 1. The molecule has 0 aromatic heterocycles. The summed E-state index contributed by atoms with van der Waals surface area (Å²) < 4.78 is 4.89. The van der Waals surface area contributed by atoms with Crippen LogP contribution < -0.4 is 5.32 Å². The minimum absolute atomic E-state index is 0.282. The summed E-state index contributed by atoms with van der Waals surface area (Å²) in [7, 11) is 0. The summed E-state index contributed by atoms with van der Waals surface area (Å²) >= 11 is 1.52. The molecule has 1 aromatic rings. The van der Waals surface area contributed by atoms with Crippen molar-refractivity contribution in [1.82, 2.24) is 0 Å². The molecule has 0 saturated carbocycles. The molecule has 5 nitrogen and oxygen atoms in total.